The fraction of sp³-hybridized carbons (Fsp3) is 0.488. The molecule has 0 spiro atoms. The summed E-state index contributed by atoms with van der Waals surface area (Å²) in [5.41, 5.74) is 15.8. The topological polar surface area (TPSA) is 142 Å². The van der Waals surface area contributed by atoms with Gasteiger partial charge in [-0.15, -0.1) is 0 Å². The van der Waals surface area contributed by atoms with Gasteiger partial charge in [0.2, 0.25) is 0 Å². The summed E-state index contributed by atoms with van der Waals surface area (Å²) in [5, 5.41) is 10.8. The first-order valence-corrected chi connectivity index (χ1v) is 18.9. The van der Waals surface area contributed by atoms with Gasteiger partial charge in [0.1, 0.15) is 5.82 Å². The van der Waals surface area contributed by atoms with E-state index in [-0.39, 0.29) is 23.9 Å². The van der Waals surface area contributed by atoms with Crippen LogP contribution in [0.4, 0.5) is 4.79 Å². The van der Waals surface area contributed by atoms with Crippen molar-refractivity contribution in [2.45, 2.75) is 109 Å². The van der Waals surface area contributed by atoms with E-state index in [1.165, 1.54) is 60.4 Å². The number of fused-ring (bicyclic) bond motifs is 4. The minimum Gasteiger partial charge on any atom is -0.423 e. The van der Waals surface area contributed by atoms with E-state index in [1.54, 1.807) is 0 Å². The maximum atomic E-state index is 13.9. The molecule has 0 radical (unpaired) electrons. The molecule has 51 heavy (non-hydrogen) atoms. The number of rotatable bonds is 9. The highest BCUT2D eigenvalue weighted by molar-refractivity contribution is 6.05. The average molecular weight is 693 g/mol. The molecule has 7 rings (SSSR count). The van der Waals surface area contributed by atoms with Gasteiger partial charge < -0.3 is 31.0 Å². The van der Waals surface area contributed by atoms with E-state index in [4.69, 9.17) is 15.5 Å². The van der Waals surface area contributed by atoms with E-state index in [1.807, 2.05) is 24.9 Å². The van der Waals surface area contributed by atoms with Crippen LogP contribution in [0.5, 0.6) is 0 Å². The Bertz CT molecular complexity index is 1960. The number of nitrogens with zero attached hydrogens (tertiary/aromatic N) is 2. The number of quaternary nitrogens is 1. The van der Waals surface area contributed by atoms with Crippen LogP contribution in [-0.4, -0.2) is 64.7 Å². The summed E-state index contributed by atoms with van der Waals surface area (Å²) in [7, 11) is 1.34. The number of aromatic nitrogens is 2. The van der Waals surface area contributed by atoms with Crippen molar-refractivity contribution < 1.29 is 19.6 Å². The lowest BCUT2D eigenvalue weighted by Crippen LogP contribution is -2.96. The van der Waals surface area contributed by atoms with Gasteiger partial charge in [0.05, 0.1) is 29.9 Å². The van der Waals surface area contributed by atoms with Crippen molar-refractivity contribution in [1.29, 1.82) is 0 Å². The minimum atomic E-state index is -0.559. The zero-order valence-corrected chi connectivity index (χ0v) is 30.7. The van der Waals surface area contributed by atoms with Crippen LogP contribution in [0.15, 0.2) is 48.7 Å². The molecule has 3 aromatic carbocycles. The smallest absolute Gasteiger partial charge is 0.423 e. The second-order valence-corrected chi connectivity index (χ2v) is 15.2. The minimum absolute atomic E-state index is 0.0412. The van der Waals surface area contributed by atoms with E-state index < -0.39 is 12.1 Å². The molecule has 270 valence electrons. The molecule has 5 atom stereocenters. The predicted octanol–water partition coefficient (Wildman–Crippen LogP) is 5.66. The van der Waals surface area contributed by atoms with E-state index >= 15 is 0 Å². The van der Waals surface area contributed by atoms with Gasteiger partial charge in [-0.1, -0.05) is 44.2 Å². The summed E-state index contributed by atoms with van der Waals surface area (Å²) in [6.45, 7) is 9.32. The molecule has 1 aromatic heterocycles. The summed E-state index contributed by atoms with van der Waals surface area (Å²) < 4.78 is 4.88. The van der Waals surface area contributed by atoms with Crippen molar-refractivity contribution in [2.24, 2.45) is 11.7 Å². The average Bonchev–Trinajstić information content (AvgIpc) is 3.92. The molecule has 2 saturated heterocycles. The SMILES string of the molecule is COC(=O)[NH2+][C@H](C(=O)N1[C@@H](C)CC[C@H]1c1nc2c(ccc3cc(-c4ccc(/C(N)=C/NC(C)[C@@H]5CCCN5)c5c4CCCC5)ccc32)[nH]1)C(C)C. The molecule has 3 heterocycles. The third kappa shape index (κ3) is 6.83. The van der Waals surface area contributed by atoms with Gasteiger partial charge in [0.15, 0.2) is 6.04 Å². The maximum absolute atomic E-state index is 13.9. The highest BCUT2D eigenvalue weighted by atomic mass is 16.5. The first kappa shape index (κ1) is 35.0. The fourth-order valence-electron chi connectivity index (χ4n) is 8.67. The number of ether oxygens (including phenoxy) is 1. The Kier molecular flexibility index (Phi) is 10.1. The van der Waals surface area contributed by atoms with Gasteiger partial charge in [-0.05, 0) is 112 Å². The number of amides is 2. The van der Waals surface area contributed by atoms with E-state index in [0.717, 1.165) is 71.1 Å². The molecule has 3 aliphatic rings. The summed E-state index contributed by atoms with van der Waals surface area (Å²) in [4.78, 5) is 36.7. The molecule has 7 N–H and O–H groups in total. The van der Waals surface area contributed by atoms with Gasteiger partial charge in [0, 0.05) is 41.2 Å². The van der Waals surface area contributed by atoms with Crippen LogP contribution in [0.1, 0.15) is 94.8 Å². The predicted molar refractivity (Wildman–Crippen MR) is 203 cm³/mol. The second kappa shape index (κ2) is 14.7. The molecule has 0 saturated carbocycles. The number of nitrogens with two attached hydrogens (primary N) is 2. The third-order valence-electron chi connectivity index (χ3n) is 11.6. The standard InChI is InChI=1S/C41H53N7O3/c1-23(2)37(47-41(50)51-5)40(49)48-24(3)12-19-36(48)39-45-35-18-14-27-21-26(13-15-29(27)38(35)46-39)28-16-17-32(31-10-7-6-9-30(28)31)33(42)22-44-25(4)34-11-8-20-43-34/h13-18,21-25,34,36-37,43-44H,6-12,19-20,42H2,1-5H3,(H,45,46)(H,47,50)/p+1/b33-22-/t24-,25?,34-,36-,37-/m0/s1. The molecule has 4 aromatic rings. The van der Waals surface area contributed by atoms with Gasteiger partial charge in [0.25, 0.3) is 5.91 Å². The largest absolute Gasteiger partial charge is 0.513 e. The lowest BCUT2D eigenvalue weighted by Gasteiger charge is -2.30. The number of hydrogen-bond acceptors (Lipinski definition) is 7. The van der Waals surface area contributed by atoms with Crippen molar-refractivity contribution in [1.82, 2.24) is 25.5 Å². The lowest BCUT2D eigenvalue weighted by atomic mass is 9.82. The molecule has 0 bridgehead atoms. The Labute approximate surface area is 301 Å². The van der Waals surface area contributed by atoms with Crippen molar-refractivity contribution in [3.05, 3.63) is 71.2 Å². The number of primary amides is 1. The summed E-state index contributed by atoms with van der Waals surface area (Å²) in [6.07, 6.45) is 10.1. The first-order chi connectivity index (χ1) is 24.6. The number of hydrogen-bond donors (Lipinski definition) is 5. The second-order valence-electron chi connectivity index (χ2n) is 15.2. The molecule has 2 aliphatic heterocycles. The zero-order valence-electron chi connectivity index (χ0n) is 30.7. The Morgan fingerprint density at radius 3 is 2.59 bits per heavy atom. The molecular formula is C41H54N7O3+. The molecule has 2 amide bonds. The number of nitrogens with one attached hydrogen (secondary N) is 3. The summed E-state index contributed by atoms with van der Waals surface area (Å²) in [5.74, 6) is 0.692. The van der Waals surface area contributed by atoms with Gasteiger partial charge >= 0.3 is 6.09 Å². The number of carbonyl (C=O) groups excluding carboxylic acids is 2. The van der Waals surface area contributed by atoms with E-state index in [2.05, 4.69) is 71.9 Å². The highest BCUT2D eigenvalue weighted by Gasteiger charge is 2.43. The number of carbonyl (C=O) groups is 2. The van der Waals surface area contributed by atoms with Crippen molar-refractivity contribution in [2.75, 3.05) is 13.7 Å². The molecule has 10 heteroatoms. The van der Waals surface area contributed by atoms with E-state index in [0.29, 0.717) is 12.1 Å². The quantitative estimate of drug-likeness (QED) is 0.153. The lowest BCUT2D eigenvalue weighted by molar-refractivity contribution is -0.601. The Hall–Kier alpha value is -4.41. The highest BCUT2D eigenvalue weighted by Crippen LogP contribution is 2.39. The van der Waals surface area contributed by atoms with Crippen LogP contribution >= 0.6 is 0 Å². The zero-order chi connectivity index (χ0) is 35.8. The van der Waals surface area contributed by atoms with Crippen LogP contribution in [0.2, 0.25) is 0 Å². The monoisotopic (exact) mass is 692 g/mol. The Balaban J connectivity index is 1.17. The number of benzene rings is 3. The maximum Gasteiger partial charge on any atom is 0.513 e. The summed E-state index contributed by atoms with van der Waals surface area (Å²) in [6, 6.07) is 15.5. The van der Waals surface area contributed by atoms with Crippen molar-refractivity contribution in [3.63, 3.8) is 0 Å². The molecule has 10 nitrogen and oxygen atoms in total. The fourth-order valence-corrected chi connectivity index (χ4v) is 8.67. The van der Waals surface area contributed by atoms with Crippen LogP contribution in [0.25, 0.3) is 38.6 Å². The van der Waals surface area contributed by atoms with Gasteiger partial charge in [-0.2, -0.15) is 4.79 Å². The third-order valence-corrected chi connectivity index (χ3v) is 11.6. The number of imidazole rings is 1. The Morgan fingerprint density at radius 2 is 1.84 bits per heavy atom. The van der Waals surface area contributed by atoms with Crippen LogP contribution in [-0.2, 0) is 22.4 Å². The molecule has 1 aliphatic carbocycles. The number of H-pyrrole nitrogens is 1. The normalized spacial score (nSPS) is 22.0. The number of aromatic amines is 1. The number of methoxy groups -OCH3 is 1. The molecule has 1 unspecified atom stereocenters. The van der Waals surface area contributed by atoms with Crippen LogP contribution < -0.4 is 21.7 Å². The molecular weight excluding hydrogens is 638 g/mol. The van der Waals surface area contributed by atoms with E-state index in [9.17, 15) is 9.59 Å². The first-order valence-electron chi connectivity index (χ1n) is 18.9. The van der Waals surface area contributed by atoms with Gasteiger partial charge in [-0.3, -0.25) is 4.79 Å². The van der Waals surface area contributed by atoms with Crippen LogP contribution in [0.3, 0.4) is 0 Å². The summed E-state index contributed by atoms with van der Waals surface area (Å²) >= 11 is 0. The Morgan fingerprint density at radius 1 is 1.04 bits per heavy atom. The van der Waals surface area contributed by atoms with Crippen LogP contribution in [0, 0.1) is 5.92 Å². The van der Waals surface area contributed by atoms with Crippen molar-refractivity contribution in [3.8, 4) is 11.1 Å². The number of likely N-dealkylation sites (tertiary alicyclic amines) is 1. The molecule has 2 fully saturated rings. The van der Waals surface area contributed by atoms with Gasteiger partial charge in [-0.25, -0.2) is 10.3 Å². The van der Waals surface area contributed by atoms with Crippen molar-refractivity contribution >= 4 is 39.5 Å².